The first-order valence-electron chi connectivity index (χ1n) is 6.03. The molecule has 0 spiro atoms. The number of allylic oxidation sites excluding steroid dienone is 2. The normalized spacial score (nSPS) is 11.4. The molecule has 0 amide bonds. The van der Waals surface area contributed by atoms with Crippen molar-refractivity contribution in [3.05, 3.63) is 41.5 Å². The molecule has 0 unspecified atom stereocenters. The predicted molar refractivity (Wildman–Crippen MR) is 70.7 cm³/mol. The van der Waals surface area contributed by atoms with Gasteiger partial charge in [0.2, 0.25) is 0 Å². The molecule has 0 radical (unpaired) electrons. The zero-order chi connectivity index (χ0) is 12.7. The van der Waals surface area contributed by atoms with Gasteiger partial charge in [-0.1, -0.05) is 35.9 Å². The van der Waals surface area contributed by atoms with Gasteiger partial charge in [0, 0.05) is 6.42 Å². The van der Waals surface area contributed by atoms with Crippen molar-refractivity contribution in [1.82, 2.24) is 0 Å². The van der Waals surface area contributed by atoms with E-state index in [-0.39, 0.29) is 5.97 Å². The Hall–Kier alpha value is -1.57. The van der Waals surface area contributed by atoms with Gasteiger partial charge in [-0.25, -0.2) is 0 Å². The molecule has 0 saturated carbocycles. The van der Waals surface area contributed by atoms with Gasteiger partial charge in [-0.15, -0.1) is 0 Å². The maximum absolute atomic E-state index is 11.2. The highest BCUT2D eigenvalue weighted by molar-refractivity contribution is 5.70. The van der Waals surface area contributed by atoms with Crippen LogP contribution < -0.4 is 0 Å². The average molecular weight is 232 g/mol. The van der Waals surface area contributed by atoms with Crippen LogP contribution in [0, 0.1) is 6.92 Å². The molecule has 0 saturated heterocycles. The lowest BCUT2D eigenvalue weighted by Gasteiger charge is -2.03. The quantitative estimate of drug-likeness (QED) is 0.723. The molecule has 0 N–H and O–H groups in total. The fourth-order valence-electron chi connectivity index (χ4n) is 1.57. The molecule has 2 heteroatoms. The second-order valence-corrected chi connectivity index (χ2v) is 4.10. The van der Waals surface area contributed by atoms with Gasteiger partial charge < -0.3 is 4.74 Å². The molecule has 0 aliphatic heterocycles. The van der Waals surface area contributed by atoms with Crippen molar-refractivity contribution in [2.75, 3.05) is 6.61 Å². The van der Waals surface area contributed by atoms with E-state index in [2.05, 4.69) is 44.2 Å². The molecular weight excluding hydrogens is 212 g/mol. The summed E-state index contributed by atoms with van der Waals surface area (Å²) in [5.41, 5.74) is 3.67. The van der Waals surface area contributed by atoms with E-state index >= 15 is 0 Å². The highest BCUT2D eigenvalue weighted by Crippen LogP contribution is 2.15. The van der Waals surface area contributed by atoms with Crippen LogP contribution in [0.5, 0.6) is 0 Å². The Morgan fingerprint density at radius 3 is 2.53 bits per heavy atom. The Labute approximate surface area is 103 Å². The van der Waals surface area contributed by atoms with Gasteiger partial charge in [0.25, 0.3) is 0 Å². The Bertz CT molecular complexity index is 388. The van der Waals surface area contributed by atoms with Crippen LogP contribution in [-0.2, 0) is 9.53 Å². The van der Waals surface area contributed by atoms with Gasteiger partial charge in [0.1, 0.15) is 0 Å². The molecule has 0 aliphatic rings. The van der Waals surface area contributed by atoms with Crippen molar-refractivity contribution in [3.8, 4) is 0 Å². The average Bonchev–Trinajstić information content (AvgIpc) is 2.30. The largest absolute Gasteiger partial charge is 0.466 e. The van der Waals surface area contributed by atoms with E-state index in [4.69, 9.17) is 4.74 Å². The maximum Gasteiger partial charge on any atom is 0.306 e. The summed E-state index contributed by atoms with van der Waals surface area (Å²) in [6, 6.07) is 8.40. The molecular formula is C15H20O2. The third-order valence-corrected chi connectivity index (χ3v) is 2.61. The minimum atomic E-state index is -0.125. The zero-order valence-corrected chi connectivity index (χ0v) is 10.8. The number of esters is 1. The number of benzene rings is 1. The highest BCUT2D eigenvalue weighted by Gasteiger charge is 2.00. The lowest BCUT2D eigenvalue weighted by molar-refractivity contribution is -0.142. The summed E-state index contributed by atoms with van der Waals surface area (Å²) < 4.78 is 4.88. The molecule has 0 aliphatic carbocycles. The number of hydrogen-bond acceptors (Lipinski definition) is 2. The first-order valence-corrected chi connectivity index (χ1v) is 6.03. The molecule has 0 aromatic heterocycles. The standard InChI is InChI=1S/C15H20O2/c1-4-17-15(16)7-5-6-13(3)14-10-8-12(2)9-11-14/h6,8-11H,4-5,7H2,1-3H3/b13-6+. The Morgan fingerprint density at radius 2 is 1.94 bits per heavy atom. The Morgan fingerprint density at radius 1 is 1.29 bits per heavy atom. The van der Waals surface area contributed by atoms with E-state index in [1.807, 2.05) is 6.92 Å². The third-order valence-electron chi connectivity index (χ3n) is 2.61. The SMILES string of the molecule is CCOC(=O)CC/C=C(\C)c1ccc(C)cc1. The van der Waals surface area contributed by atoms with Crippen molar-refractivity contribution in [3.63, 3.8) is 0 Å². The Balaban J connectivity index is 2.49. The van der Waals surface area contributed by atoms with Crippen LogP contribution in [0.1, 0.15) is 37.8 Å². The van der Waals surface area contributed by atoms with E-state index in [0.29, 0.717) is 13.0 Å². The first kappa shape index (κ1) is 13.5. The summed E-state index contributed by atoms with van der Waals surface area (Å²) in [6.45, 7) is 6.42. The first-order chi connectivity index (χ1) is 8.13. The van der Waals surface area contributed by atoms with E-state index in [1.165, 1.54) is 16.7 Å². The summed E-state index contributed by atoms with van der Waals surface area (Å²) in [5.74, 6) is -0.125. The van der Waals surface area contributed by atoms with Gasteiger partial charge in [0.15, 0.2) is 0 Å². The van der Waals surface area contributed by atoms with Gasteiger partial charge in [0.05, 0.1) is 6.61 Å². The molecule has 0 bridgehead atoms. The summed E-state index contributed by atoms with van der Waals surface area (Å²) in [6.07, 6.45) is 3.27. The minimum Gasteiger partial charge on any atom is -0.466 e. The zero-order valence-electron chi connectivity index (χ0n) is 10.8. The number of carbonyl (C=O) groups excluding carboxylic acids is 1. The molecule has 2 nitrogen and oxygen atoms in total. The van der Waals surface area contributed by atoms with Gasteiger partial charge in [-0.3, -0.25) is 4.79 Å². The number of rotatable bonds is 5. The molecule has 0 fully saturated rings. The van der Waals surface area contributed by atoms with Crippen LogP contribution in [0.3, 0.4) is 0 Å². The van der Waals surface area contributed by atoms with Crippen LogP contribution >= 0.6 is 0 Å². The molecule has 0 atom stereocenters. The van der Waals surface area contributed by atoms with Gasteiger partial charge in [-0.2, -0.15) is 0 Å². The minimum absolute atomic E-state index is 0.125. The highest BCUT2D eigenvalue weighted by atomic mass is 16.5. The fourth-order valence-corrected chi connectivity index (χ4v) is 1.57. The molecule has 17 heavy (non-hydrogen) atoms. The second-order valence-electron chi connectivity index (χ2n) is 4.10. The van der Waals surface area contributed by atoms with Crippen LogP contribution in [-0.4, -0.2) is 12.6 Å². The van der Waals surface area contributed by atoms with Crippen molar-refractivity contribution >= 4 is 11.5 Å². The van der Waals surface area contributed by atoms with E-state index in [1.54, 1.807) is 0 Å². The smallest absolute Gasteiger partial charge is 0.306 e. The lowest BCUT2D eigenvalue weighted by Crippen LogP contribution is -2.02. The monoisotopic (exact) mass is 232 g/mol. The van der Waals surface area contributed by atoms with Crippen LogP contribution in [0.2, 0.25) is 0 Å². The van der Waals surface area contributed by atoms with Crippen molar-refractivity contribution in [2.24, 2.45) is 0 Å². The number of carbonyl (C=O) groups is 1. The predicted octanol–water partition coefficient (Wildman–Crippen LogP) is 3.74. The number of aryl methyl sites for hydroxylation is 1. The fraction of sp³-hybridized carbons (Fsp3) is 0.400. The van der Waals surface area contributed by atoms with E-state index < -0.39 is 0 Å². The van der Waals surface area contributed by atoms with Crippen LogP contribution in [0.25, 0.3) is 5.57 Å². The van der Waals surface area contributed by atoms with Gasteiger partial charge >= 0.3 is 5.97 Å². The van der Waals surface area contributed by atoms with Crippen molar-refractivity contribution in [1.29, 1.82) is 0 Å². The summed E-state index contributed by atoms with van der Waals surface area (Å²) in [4.78, 5) is 11.2. The number of ether oxygens (including phenoxy) is 1. The van der Waals surface area contributed by atoms with E-state index in [9.17, 15) is 4.79 Å². The summed E-state index contributed by atoms with van der Waals surface area (Å²) >= 11 is 0. The van der Waals surface area contributed by atoms with Crippen LogP contribution in [0.4, 0.5) is 0 Å². The molecule has 1 aromatic carbocycles. The summed E-state index contributed by atoms with van der Waals surface area (Å²) in [5, 5.41) is 0. The molecule has 0 heterocycles. The topological polar surface area (TPSA) is 26.3 Å². The van der Waals surface area contributed by atoms with Crippen molar-refractivity contribution < 1.29 is 9.53 Å². The second kappa shape index (κ2) is 6.89. The van der Waals surface area contributed by atoms with Crippen molar-refractivity contribution in [2.45, 2.75) is 33.6 Å². The number of hydrogen-bond donors (Lipinski definition) is 0. The maximum atomic E-state index is 11.2. The summed E-state index contributed by atoms with van der Waals surface area (Å²) in [7, 11) is 0. The molecule has 92 valence electrons. The Kier molecular flexibility index (Phi) is 5.47. The van der Waals surface area contributed by atoms with Gasteiger partial charge in [-0.05, 0) is 38.3 Å². The van der Waals surface area contributed by atoms with E-state index in [0.717, 1.165) is 6.42 Å². The lowest BCUT2D eigenvalue weighted by atomic mass is 10.0. The molecule has 1 rings (SSSR count). The third kappa shape index (κ3) is 4.85. The molecule has 1 aromatic rings. The van der Waals surface area contributed by atoms with Crippen LogP contribution in [0.15, 0.2) is 30.3 Å².